The van der Waals surface area contributed by atoms with Crippen molar-refractivity contribution in [2.75, 3.05) is 6.61 Å². The third-order valence-corrected chi connectivity index (χ3v) is 4.18. The average Bonchev–Trinajstić information content (AvgIpc) is 2.59. The Morgan fingerprint density at radius 2 is 1.30 bits per heavy atom. The van der Waals surface area contributed by atoms with E-state index in [9.17, 15) is 24.0 Å². The predicted molar refractivity (Wildman–Crippen MR) is 97.5 cm³/mol. The number of hydrogen-bond donors (Lipinski definition) is 0. The molecule has 1 aliphatic heterocycles. The zero-order chi connectivity index (χ0) is 23.0. The Balaban J connectivity index is 3.45. The number of rotatable bonds is 8. The van der Waals surface area contributed by atoms with E-state index in [1.54, 1.807) is 6.92 Å². The highest BCUT2D eigenvalue weighted by Gasteiger charge is 2.54. The monoisotopic (exact) mass is 432 g/mol. The summed E-state index contributed by atoms with van der Waals surface area (Å²) in [6.07, 6.45) is -5.55. The van der Waals surface area contributed by atoms with Crippen LogP contribution in [0.4, 0.5) is 0 Å². The molecule has 11 nitrogen and oxygen atoms in total. The van der Waals surface area contributed by atoms with E-state index in [0.29, 0.717) is 6.42 Å². The lowest BCUT2D eigenvalue weighted by Gasteiger charge is -2.46. The van der Waals surface area contributed by atoms with Crippen LogP contribution in [-0.2, 0) is 52.4 Å². The molecule has 0 aromatic carbocycles. The van der Waals surface area contributed by atoms with E-state index in [1.165, 1.54) is 13.8 Å². The van der Waals surface area contributed by atoms with Crippen LogP contribution in [0.3, 0.4) is 0 Å². The van der Waals surface area contributed by atoms with Crippen LogP contribution in [0.5, 0.6) is 0 Å². The maximum Gasteiger partial charge on any atom is 0.305 e. The largest absolute Gasteiger partial charge is 0.465 e. The van der Waals surface area contributed by atoms with Crippen LogP contribution in [-0.4, -0.2) is 67.2 Å². The van der Waals surface area contributed by atoms with E-state index in [-0.39, 0.29) is 6.61 Å². The highest BCUT2D eigenvalue weighted by molar-refractivity contribution is 5.68. The zero-order valence-corrected chi connectivity index (χ0v) is 17.9. The van der Waals surface area contributed by atoms with Crippen LogP contribution in [0.15, 0.2) is 0 Å². The second kappa shape index (κ2) is 11.5. The Bertz CT molecular complexity index is 659. The van der Waals surface area contributed by atoms with Gasteiger partial charge in [-0.1, -0.05) is 6.92 Å². The molecule has 0 aliphatic carbocycles. The van der Waals surface area contributed by atoms with Crippen molar-refractivity contribution >= 4 is 29.8 Å². The first-order valence-corrected chi connectivity index (χ1v) is 9.43. The van der Waals surface area contributed by atoms with Gasteiger partial charge in [-0.2, -0.15) is 0 Å². The number of ether oxygens (including phenoxy) is 6. The second-order valence-corrected chi connectivity index (χ2v) is 6.75. The Morgan fingerprint density at radius 3 is 1.73 bits per heavy atom. The highest BCUT2D eigenvalue weighted by Crippen LogP contribution is 2.35. The normalized spacial score (nSPS) is 26.7. The highest BCUT2D eigenvalue weighted by atomic mass is 16.7. The van der Waals surface area contributed by atoms with E-state index in [2.05, 4.69) is 0 Å². The van der Waals surface area contributed by atoms with E-state index < -0.39 is 66.5 Å². The van der Waals surface area contributed by atoms with Gasteiger partial charge in [-0.25, -0.2) is 0 Å². The smallest absolute Gasteiger partial charge is 0.305 e. The Morgan fingerprint density at radius 1 is 0.767 bits per heavy atom. The topological polar surface area (TPSA) is 141 Å². The lowest BCUT2D eigenvalue weighted by atomic mass is 9.85. The van der Waals surface area contributed by atoms with Gasteiger partial charge in [0.15, 0.2) is 6.10 Å². The van der Waals surface area contributed by atoms with E-state index in [4.69, 9.17) is 28.4 Å². The molecule has 0 unspecified atom stereocenters. The summed E-state index contributed by atoms with van der Waals surface area (Å²) < 4.78 is 32.0. The fourth-order valence-electron chi connectivity index (χ4n) is 3.20. The number of hydrogen-bond acceptors (Lipinski definition) is 11. The third kappa shape index (κ3) is 7.62. The van der Waals surface area contributed by atoms with Gasteiger partial charge in [-0.15, -0.1) is 0 Å². The summed E-state index contributed by atoms with van der Waals surface area (Å²) in [4.78, 5) is 58.0. The number of esters is 5. The van der Waals surface area contributed by atoms with Gasteiger partial charge in [0.1, 0.15) is 18.8 Å². The molecule has 6 atom stereocenters. The van der Waals surface area contributed by atoms with Crippen molar-refractivity contribution in [3.63, 3.8) is 0 Å². The number of carbonyl (C=O) groups excluding carboxylic acids is 5. The molecule has 1 fully saturated rings. The summed E-state index contributed by atoms with van der Waals surface area (Å²) in [7, 11) is 0. The third-order valence-electron chi connectivity index (χ3n) is 4.18. The lowest BCUT2D eigenvalue weighted by molar-refractivity contribution is -0.300. The van der Waals surface area contributed by atoms with Gasteiger partial charge in [-0.3, -0.25) is 24.0 Å². The summed E-state index contributed by atoms with van der Waals surface area (Å²) in [5, 5.41) is 0. The van der Waals surface area contributed by atoms with Crippen LogP contribution >= 0.6 is 0 Å². The molecule has 0 aromatic rings. The van der Waals surface area contributed by atoms with Gasteiger partial charge in [0.25, 0.3) is 0 Å². The Labute approximate surface area is 174 Å². The number of carbonyl (C=O) groups is 5. The molecule has 0 spiro atoms. The standard InChI is InChI=1S/C19H28O11/c1-7-15(26-10(3)21)16-14(8-25-9(2)20)17(27-11(4)22)18(28-12(5)23)19(30-16)29-13(6)24/h14-19H,7-8H2,1-6H3/t14-,15+,16+,17+,18+,19+/m1/s1. The van der Waals surface area contributed by atoms with E-state index in [1.807, 2.05) is 0 Å². The van der Waals surface area contributed by atoms with E-state index >= 15 is 0 Å². The van der Waals surface area contributed by atoms with Crippen molar-refractivity contribution in [1.82, 2.24) is 0 Å². The summed E-state index contributed by atoms with van der Waals surface area (Å²) in [6.45, 7) is 7.21. The van der Waals surface area contributed by atoms with Gasteiger partial charge in [-0.05, 0) is 6.42 Å². The first-order chi connectivity index (χ1) is 14.0. The summed E-state index contributed by atoms with van der Waals surface area (Å²) in [5.41, 5.74) is 0. The minimum absolute atomic E-state index is 0.290. The van der Waals surface area contributed by atoms with Crippen molar-refractivity contribution in [3.05, 3.63) is 0 Å². The molecular weight excluding hydrogens is 404 g/mol. The minimum Gasteiger partial charge on any atom is -0.465 e. The van der Waals surface area contributed by atoms with Gasteiger partial charge in [0.2, 0.25) is 12.4 Å². The SMILES string of the molecule is CC[C@H](OC(C)=O)[C@H]1O[C@H](OC(C)=O)[C@@H](OC(C)=O)[C@@H](OC(C)=O)[C@@H]1COC(C)=O. The molecule has 170 valence electrons. The molecule has 0 saturated carbocycles. The van der Waals surface area contributed by atoms with Crippen molar-refractivity contribution in [2.45, 2.75) is 78.7 Å². The summed E-state index contributed by atoms with van der Waals surface area (Å²) in [5.74, 6) is -4.29. The molecular formula is C19H28O11. The molecule has 0 N–H and O–H groups in total. The summed E-state index contributed by atoms with van der Waals surface area (Å²) in [6, 6.07) is 0. The van der Waals surface area contributed by atoms with Gasteiger partial charge in [0, 0.05) is 34.6 Å². The molecule has 1 saturated heterocycles. The van der Waals surface area contributed by atoms with Crippen LogP contribution in [0.1, 0.15) is 48.0 Å². The molecule has 1 aliphatic rings. The molecule has 1 rings (SSSR count). The predicted octanol–water partition coefficient (Wildman–Crippen LogP) is 0.659. The molecule has 0 amide bonds. The van der Waals surface area contributed by atoms with Crippen LogP contribution in [0.2, 0.25) is 0 Å². The van der Waals surface area contributed by atoms with Crippen LogP contribution in [0.25, 0.3) is 0 Å². The van der Waals surface area contributed by atoms with Gasteiger partial charge in [0.05, 0.1) is 5.92 Å². The second-order valence-electron chi connectivity index (χ2n) is 6.75. The molecule has 0 bridgehead atoms. The Kier molecular flexibility index (Phi) is 9.70. The first kappa shape index (κ1) is 25.3. The maximum absolute atomic E-state index is 11.8. The van der Waals surface area contributed by atoms with Crippen molar-refractivity contribution < 1.29 is 52.4 Å². The zero-order valence-electron chi connectivity index (χ0n) is 17.9. The quantitative estimate of drug-likeness (QED) is 0.394. The van der Waals surface area contributed by atoms with Crippen molar-refractivity contribution in [1.29, 1.82) is 0 Å². The van der Waals surface area contributed by atoms with E-state index in [0.717, 1.165) is 20.8 Å². The fourth-order valence-corrected chi connectivity index (χ4v) is 3.20. The maximum atomic E-state index is 11.8. The first-order valence-electron chi connectivity index (χ1n) is 9.43. The molecule has 30 heavy (non-hydrogen) atoms. The van der Waals surface area contributed by atoms with Crippen LogP contribution in [0, 0.1) is 5.92 Å². The molecule has 1 heterocycles. The van der Waals surface area contributed by atoms with Gasteiger partial charge < -0.3 is 28.4 Å². The fraction of sp³-hybridized carbons (Fsp3) is 0.737. The summed E-state index contributed by atoms with van der Waals surface area (Å²) >= 11 is 0. The van der Waals surface area contributed by atoms with Crippen LogP contribution < -0.4 is 0 Å². The molecule has 11 heteroatoms. The Hall–Kier alpha value is -2.69. The minimum atomic E-state index is -1.45. The average molecular weight is 432 g/mol. The lowest BCUT2D eigenvalue weighted by Crippen LogP contribution is -2.62. The van der Waals surface area contributed by atoms with Gasteiger partial charge >= 0.3 is 29.8 Å². The molecule has 0 radical (unpaired) electrons. The molecule has 0 aromatic heterocycles. The van der Waals surface area contributed by atoms with Crippen molar-refractivity contribution in [3.8, 4) is 0 Å². The van der Waals surface area contributed by atoms with Crippen molar-refractivity contribution in [2.24, 2.45) is 5.92 Å².